The number of ether oxygens (including phenoxy) is 1. The van der Waals surface area contributed by atoms with Gasteiger partial charge in [-0.25, -0.2) is 0 Å². The first-order chi connectivity index (χ1) is 8.16. The lowest BCUT2D eigenvalue weighted by atomic mass is 9.96. The summed E-state index contributed by atoms with van der Waals surface area (Å²) in [5.41, 5.74) is 1.03. The van der Waals surface area contributed by atoms with E-state index in [0.717, 1.165) is 5.56 Å². The van der Waals surface area contributed by atoms with Crippen molar-refractivity contribution in [1.29, 1.82) is 0 Å². The maximum atomic E-state index is 11.3. The zero-order chi connectivity index (χ0) is 12.3. The van der Waals surface area contributed by atoms with Crippen LogP contribution in [-0.2, 0) is 14.3 Å². The molecule has 0 amide bonds. The number of rotatable bonds is 3. The lowest BCUT2D eigenvalue weighted by molar-refractivity contribution is -0.140. The molecule has 3 heteroatoms. The Labute approximate surface area is 100 Å². The summed E-state index contributed by atoms with van der Waals surface area (Å²) in [7, 11) is 0. The summed E-state index contributed by atoms with van der Waals surface area (Å²) >= 11 is 0. The van der Waals surface area contributed by atoms with Crippen molar-refractivity contribution in [2.24, 2.45) is 5.92 Å². The van der Waals surface area contributed by atoms with Crippen molar-refractivity contribution in [3.05, 3.63) is 42.0 Å². The van der Waals surface area contributed by atoms with E-state index in [1.54, 1.807) is 6.08 Å². The van der Waals surface area contributed by atoms with Gasteiger partial charge in [0.2, 0.25) is 0 Å². The monoisotopic (exact) mass is 230 g/mol. The minimum Gasteiger partial charge on any atom is -0.457 e. The number of benzene rings is 1. The third-order valence-electron chi connectivity index (χ3n) is 2.85. The van der Waals surface area contributed by atoms with Gasteiger partial charge in [-0.1, -0.05) is 36.4 Å². The second-order valence-electron chi connectivity index (χ2n) is 4.15. The van der Waals surface area contributed by atoms with E-state index in [-0.39, 0.29) is 24.1 Å². The molecule has 2 rings (SSSR count). The van der Waals surface area contributed by atoms with Gasteiger partial charge in [-0.3, -0.25) is 9.59 Å². The van der Waals surface area contributed by atoms with Crippen LogP contribution in [-0.4, -0.2) is 17.9 Å². The van der Waals surface area contributed by atoms with Crippen molar-refractivity contribution >= 4 is 17.8 Å². The quantitative estimate of drug-likeness (QED) is 0.748. The van der Waals surface area contributed by atoms with Gasteiger partial charge in [0, 0.05) is 0 Å². The van der Waals surface area contributed by atoms with Crippen LogP contribution in [0.5, 0.6) is 0 Å². The molecule has 0 bridgehead atoms. The van der Waals surface area contributed by atoms with Crippen LogP contribution in [0.1, 0.15) is 18.9 Å². The predicted octanol–water partition coefficient (Wildman–Crippen LogP) is 2.22. The number of hydrogen-bond acceptors (Lipinski definition) is 3. The minimum absolute atomic E-state index is 0.00133. The molecule has 0 N–H and O–H groups in total. The Morgan fingerprint density at radius 1 is 1.35 bits per heavy atom. The molecule has 0 aliphatic carbocycles. The SMILES string of the molecule is CC(=O)[C@H]1CC(=O)O[C@@H]1/C=C/c1ccccc1. The topological polar surface area (TPSA) is 43.4 Å². The Bertz CT molecular complexity index is 448. The molecule has 0 aromatic heterocycles. The summed E-state index contributed by atoms with van der Waals surface area (Å²) in [6.07, 6.45) is 3.44. The van der Waals surface area contributed by atoms with Crippen molar-refractivity contribution in [3.8, 4) is 0 Å². The van der Waals surface area contributed by atoms with Crippen LogP contribution in [0, 0.1) is 5.92 Å². The third-order valence-corrected chi connectivity index (χ3v) is 2.85. The molecule has 1 aromatic carbocycles. The van der Waals surface area contributed by atoms with E-state index >= 15 is 0 Å². The van der Waals surface area contributed by atoms with Gasteiger partial charge in [-0.15, -0.1) is 0 Å². The van der Waals surface area contributed by atoms with E-state index in [4.69, 9.17) is 4.74 Å². The molecule has 0 radical (unpaired) electrons. The van der Waals surface area contributed by atoms with Gasteiger partial charge in [-0.2, -0.15) is 0 Å². The molecule has 3 nitrogen and oxygen atoms in total. The Hall–Kier alpha value is -1.90. The van der Waals surface area contributed by atoms with E-state index < -0.39 is 6.10 Å². The van der Waals surface area contributed by atoms with Gasteiger partial charge in [0.25, 0.3) is 0 Å². The zero-order valence-electron chi connectivity index (χ0n) is 9.63. The van der Waals surface area contributed by atoms with Crippen LogP contribution in [0.3, 0.4) is 0 Å². The van der Waals surface area contributed by atoms with Gasteiger partial charge in [0.1, 0.15) is 11.9 Å². The summed E-state index contributed by atoms with van der Waals surface area (Å²) < 4.78 is 5.11. The highest BCUT2D eigenvalue weighted by molar-refractivity contribution is 5.87. The Kier molecular flexibility index (Phi) is 3.38. The third kappa shape index (κ3) is 2.81. The van der Waals surface area contributed by atoms with E-state index in [0.29, 0.717) is 0 Å². The van der Waals surface area contributed by atoms with Crippen molar-refractivity contribution in [3.63, 3.8) is 0 Å². The Balaban J connectivity index is 2.10. The average Bonchev–Trinajstić information content (AvgIpc) is 2.69. The first kappa shape index (κ1) is 11.6. The van der Waals surface area contributed by atoms with Crippen molar-refractivity contribution in [1.82, 2.24) is 0 Å². The van der Waals surface area contributed by atoms with Crippen LogP contribution < -0.4 is 0 Å². The van der Waals surface area contributed by atoms with Crippen LogP contribution in [0.15, 0.2) is 36.4 Å². The Morgan fingerprint density at radius 2 is 2.06 bits per heavy atom. The molecular weight excluding hydrogens is 216 g/mol. The van der Waals surface area contributed by atoms with Gasteiger partial charge in [-0.05, 0) is 18.6 Å². The summed E-state index contributed by atoms with van der Waals surface area (Å²) in [6.45, 7) is 1.50. The summed E-state index contributed by atoms with van der Waals surface area (Å²) in [4.78, 5) is 22.5. The fourth-order valence-electron chi connectivity index (χ4n) is 1.90. The molecule has 1 aromatic rings. The van der Waals surface area contributed by atoms with E-state index in [9.17, 15) is 9.59 Å². The van der Waals surface area contributed by atoms with E-state index in [2.05, 4.69) is 0 Å². The number of esters is 1. The summed E-state index contributed by atoms with van der Waals surface area (Å²) in [5, 5.41) is 0. The maximum absolute atomic E-state index is 11.3. The van der Waals surface area contributed by atoms with Gasteiger partial charge in [0.15, 0.2) is 0 Å². The molecule has 1 saturated heterocycles. The summed E-state index contributed by atoms with van der Waals surface area (Å²) in [6, 6.07) is 9.71. The number of hydrogen-bond donors (Lipinski definition) is 0. The van der Waals surface area contributed by atoms with Gasteiger partial charge in [0.05, 0.1) is 12.3 Å². The first-order valence-electron chi connectivity index (χ1n) is 5.60. The number of cyclic esters (lactones) is 1. The zero-order valence-corrected chi connectivity index (χ0v) is 9.63. The highest BCUT2D eigenvalue weighted by Crippen LogP contribution is 2.24. The van der Waals surface area contributed by atoms with Crippen molar-refractivity contribution < 1.29 is 14.3 Å². The molecule has 1 aliphatic heterocycles. The van der Waals surface area contributed by atoms with Crippen LogP contribution in [0.25, 0.3) is 6.08 Å². The van der Waals surface area contributed by atoms with Gasteiger partial charge < -0.3 is 4.74 Å². The average molecular weight is 230 g/mol. The smallest absolute Gasteiger partial charge is 0.307 e. The predicted molar refractivity (Wildman–Crippen MR) is 64.1 cm³/mol. The number of ketones is 1. The minimum atomic E-state index is -0.416. The van der Waals surface area contributed by atoms with E-state index in [1.807, 2.05) is 36.4 Å². The largest absolute Gasteiger partial charge is 0.457 e. The molecular formula is C14H14O3. The molecule has 0 unspecified atom stereocenters. The Morgan fingerprint density at radius 3 is 2.71 bits per heavy atom. The fraction of sp³-hybridized carbons (Fsp3) is 0.286. The molecule has 1 heterocycles. The first-order valence-corrected chi connectivity index (χ1v) is 5.60. The number of carbonyl (C=O) groups excluding carboxylic acids is 2. The lowest BCUT2D eigenvalue weighted by Gasteiger charge is -2.09. The molecule has 17 heavy (non-hydrogen) atoms. The normalized spacial score (nSPS) is 23.9. The van der Waals surface area contributed by atoms with Crippen molar-refractivity contribution in [2.75, 3.05) is 0 Å². The molecule has 1 fully saturated rings. The second-order valence-corrected chi connectivity index (χ2v) is 4.15. The van der Waals surface area contributed by atoms with E-state index in [1.165, 1.54) is 6.92 Å². The maximum Gasteiger partial charge on any atom is 0.307 e. The van der Waals surface area contributed by atoms with Crippen molar-refractivity contribution in [2.45, 2.75) is 19.4 Å². The molecule has 88 valence electrons. The van der Waals surface area contributed by atoms with Crippen LogP contribution >= 0.6 is 0 Å². The van der Waals surface area contributed by atoms with Crippen LogP contribution in [0.2, 0.25) is 0 Å². The fourth-order valence-corrected chi connectivity index (χ4v) is 1.90. The number of Topliss-reactive ketones (excluding diaryl/α,β-unsaturated/α-hetero) is 1. The van der Waals surface area contributed by atoms with Crippen LogP contribution in [0.4, 0.5) is 0 Å². The lowest BCUT2D eigenvalue weighted by Crippen LogP contribution is -2.19. The molecule has 2 atom stereocenters. The molecule has 0 saturated carbocycles. The standard InChI is InChI=1S/C14H14O3/c1-10(15)12-9-14(16)17-13(12)8-7-11-5-3-2-4-6-11/h2-8,12-13H,9H2,1H3/b8-7+/t12-,13-/m1/s1. The molecule has 0 spiro atoms. The molecule has 1 aliphatic rings. The highest BCUT2D eigenvalue weighted by Gasteiger charge is 2.35. The highest BCUT2D eigenvalue weighted by atomic mass is 16.5. The second kappa shape index (κ2) is 4.95. The van der Waals surface area contributed by atoms with Gasteiger partial charge >= 0.3 is 5.97 Å². The number of carbonyl (C=O) groups is 2. The summed E-state index contributed by atoms with van der Waals surface area (Å²) in [5.74, 6) is -0.631.